The average Bonchev–Trinajstić information content (AvgIpc) is 3.58. The zero-order valence-corrected chi connectivity index (χ0v) is 21.0. The van der Waals surface area contributed by atoms with E-state index in [4.69, 9.17) is 22.6 Å². The van der Waals surface area contributed by atoms with Crippen LogP contribution in [0.1, 0.15) is 62.2 Å². The van der Waals surface area contributed by atoms with E-state index in [1.165, 1.54) is 0 Å². The monoisotopic (exact) mass is 513 g/mol. The molecule has 2 fully saturated rings. The van der Waals surface area contributed by atoms with Gasteiger partial charge in [-0.05, 0) is 91.1 Å². The highest BCUT2D eigenvalue weighted by Crippen LogP contribution is 2.47. The number of nitrogens with two attached hydrogens (primary N) is 3. The molecule has 5 rings (SSSR count). The van der Waals surface area contributed by atoms with Crippen molar-refractivity contribution in [3.8, 4) is 6.07 Å². The van der Waals surface area contributed by atoms with Crippen LogP contribution in [-0.2, 0) is 23.1 Å². The van der Waals surface area contributed by atoms with Crippen molar-refractivity contribution in [2.24, 2.45) is 23.1 Å². The Hall–Kier alpha value is -4.23. The van der Waals surface area contributed by atoms with Crippen LogP contribution in [0.3, 0.4) is 0 Å². The van der Waals surface area contributed by atoms with Crippen LogP contribution in [0.2, 0.25) is 0 Å². The minimum atomic E-state index is -1.06. The maximum Gasteiger partial charge on any atom is 0.248 e. The molecule has 8 N–H and O–H groups in total. The third-order valence-corrected chi connectivity index (χ3v) is 8.32. The molecule has 2 aliphatic carbocycles. The number of carbonyl (C=O) groups excluding carboxylic acids is 3. The Morgan fingerprint density at radius 2 is 1.58 bits per heavy atom. The Bertz CT molecular complexity index is 1330. The lowest BCUT2D eigenvalue weighted by Crippen LogP contribution is -2.46. The van der Waals surface area contributed by atoms with Crippen molar-refractivity contribution in [1.29, 1.82) is 10.7 Å². The standard InChI is InChI=1S/C28H31N7O3/c29-13-20-11-19-12-23(19)35(20)24(36)14-34-8-7-28(27(32)33)21-5-3-17(25(30)37)9-15(21)1-2-16-10-18(26(31)38)4-6-22(16)28/h3-6,9-10,19-20,23,34H,1-2,7-8,11-12,14H2,(H2,30,37)(H2,31,38)(H3,32,33)/t19-,20?,23+/m1/s1. The summed E-state index contributed by atoms with van der Waals surface area (Å²) >= 11 is 0. The SMILES string of the molecule is N#CC1C[C@@H]2C[C@@H]2N1C(=O)CNCCC1(C(=N)N)c2ccc(C(N)=O)cc2CCc2cc(C(N)=O)ccc21. The second-order valence-electron chi connectivity index (χ2n) is 10.5. The van der Waals surface area contributed by atoms with E-state index in [1.54, 1.807) is 41.3 Å². The van der Waals surface area contributed by atoms with Crippen molar-refractivity contribution < 1.29 is 14.4 Å². The second kappa shape index (κ2) is 9.58. The molecule has 3 aliphatic rings. The van der Waals surface area contributed by atoms with Crippen molar-refractivity contribution in [1.82, 2.24) is 10.2 Å². The van der Waals surface area contributed by atoms with E-state index in [2.05, 4.69) is 11.4 Å². The molecule has 38 heavy (non-hydrogen) atoms. The summed E-state index contributed by atoms with van der Waals surface area (Å²) in [5, 5.41) is 21.4. The van der Waals surface area contributed by atoms with Crippen LogP contribution >= 0.6 is 0 Å². The zero-order valence-electron chi connectivity index (χ0n) is 21.0. The maximum absolute atomic E-state index is 12.9. The minimum absolute atomic E-state index is 0.0797. The molecule has 0 aromatic heterocycles. The predicted octanol–water partition coefficient (Wildman–Crippen LogP) is 0.698. The molecule has 196 valence electrons. The highest BCUT2D eigenvalue weighted by molar-refractivity contribution is 5.97. The van der Waals surface area contributed by atoms with Gasteiger partial charge in [0.2, 0.25) is 17.7 Å². The summed E-state index contributed by atoms with van der Waals surface area (Å²) in [6.45, 7) is 0.439. The summed E-state index contributed by atoms with van der Waals surface area (Å²) in [5.74, 6) is -0.834. The lowest BCUT2D eigenvalue weighted by Gasteiger charge is -2.36. The summed E-state index contributed by atoms with van der Waals surface area (Å²) in [4.78, 5) is 38.4. The van der Waals surface area contributed by atoms with Gasteiger partial charge in [-0.3, -0.25) is 19.8 Å². The number of aryl methyl sites for hydroxylation is 2. The number of likely N-dealkylation sites (tertiary alicyclic amines) is 1. The number of nitrogens with zero attached hydrogens (tertiary/aromatic N) is 2. The number of carbonyl (C=O) groups is 3. The topological polar surface area (TPSA) is 192 Å². The van der Waals surface area contributed by atoms with Gasteiger partial charge in [0.05, 0.1) is 18.0 Å². The van der Waals surface area contributed by atoms with E-state index < -0.39 is 17.2 Å². The molecule has 2 aromatic rings. The van der Waals surface area contributed by atoms with Crippen molar-refractivity contribution in [3.05, 3.63) is 69.8 Å². The summed E-state index contributed by atoms with van der Waals surface area (Å²) < 4.78 is 0. The number of rotatable bonds is 8. The normalized spacial score (nSPS) is 22.3. The van der Waals surface area contributed by atoms with Crippen LogP contribution in [0, 0.1) is 22.7 Å². The predicted molar refractivity (Wildman–Crippen MR) is 140 cm³/mol. The molecule has 10 heteroatoms. The maximum atomic E-state index is 12.9. The van der Waals surface area contributed by atoms with E-state index in [-0.39, 0.29) is 30.4 Å². The molecule has 1 heterocycles. The van der Waals surface area contributed by atoms with Crippen molar-refractivity contribution in [3.63, 3.8) is 0 Å². The lowest BCUT2D eigenvalue weighted by atomic mass is 9.69. The van der Waals surface area contributed by atoms with Gasteiger partial charge >= 0.3 is 0 Å². The molecular weight excluding hydrogens is 482 g/mol. The Kier molecular flexibility index (Phi) is 6.41. The van der Waals surface area contributed by atoms with Crippen LogP contribution in [0.15, 0.2) is 36.4 Å². The number of hydrogen-bond acceptors (Lipinski definition) is 6. The number of amidine groups is 1. The van der Waals surface area contributed by atoms with Gasteiger partial charge in [-0.2, -0.15) is 5.26 Å². The van der Waals surface area contributed by atoms with Gasteiger partial charge in [-0.25, -0.2) is 0 Å². The van der Waals surface area contributed by atoms with Crippen LogP contribution in [0.5, 0.6) is 0 Å². The summed E-state index contributed by atoms with van der Waals surface area (Å²) in [5.41, 5.74) is 20.4. The molecule has 1 saturated carbocycles. The Balaban J connectivity index is 1.46. The Labute approximate surface area is 220 Å². The van der Waals surface area contributed by atoms with Gasteiger partial charge in [-0.1, -0.05) is 12.1 Å². The van der Waals surface area contributed by atoms with Crippen LogP contribution in [-0.4, -0.2) is 53.6 Å². The molecular formula is C28H31N7O3. The van der Waals surface area contributed by atoms with Crippen LogP contribution < -0.4 is 22.5 Å². The first-order valence-corrected chi connectivity index (χ1v) is 12.8. The van der Waals surface area contributed by atoms with E-state index >= 15 is 0 Å². The summed E-state index contributed by atoms with van der Waals surface area (Å²) in [6.07, 6.45) is 3.18. The van der Waals surface area contributed by atoms with Gasteiger partial charge in [0.1, 0.15) is 11.9 Å². The van der Waals surface area contributed by atoms with E-state index in [1.807, 2.05) is 0 Å². The van der Waals surface area contributed by atoms with Crippen LogP contribution in [0.25, 0.3) is 0 Å². The fourth-order valence-electron chi connectivity index (χ4n) is 6.34. The molecule has 0 spiro atoms. The highest BCUT2D eigenvalue weighted by atomic mass is 16.2. The molecule has 1 unspecified atom stereocenters. The van der Waals surface area contributed by atoms with E-state index in [9.17, 15) is 19.6 Å². The number of nitriles is 1. The Morgan fingerprint density at radius 1 is 1.00 bits per heavy atom. The second-order valence-corrected chi connectivity index (χ2v) is 10.5. The average molecular weight is 514 g/mol. The van der Waals surface area contributed by atoms with Crippen molar-refractivity contribution in [2.75, 3.05) is 13.1 Å². The van der Waals surface area contributed by atoms with E-state index in [0.29, 0.717) is 42.9 Å². The quantitative estimate of drug-likeness (QED) is 0.196. The highest BCUT2D eigenvalue weighted by Gasteiger charge is 2.54. The molecule has 1 saturated heterocycles. The number of primary amides is 2. The van der Waals surface area contributed by atoms with Crippen LogP contribution in [0.4, 0.5) is 0 Å². The van der Waals surface area contributed by atoms with E-state index in [0.717, 1.165) is 35.1 Å². The number of benzene rings is 2. The molecule has 2 aromatic carbocycles. The van der Waals surface area contributed by atoms with Crippen molar-refractivity contribution in [2.45, 2.75) is 49.6 Å². The zero-order chi connectivity index (χ0) is 27.2. The fourth-order valence-corrected chi connectivity index (χ4v) is 6.34. The summed E-state index contributed by atoms with van der Waals surface area (Å²) in [6, 6.07) is 12.4. The lowest BCUT2D eigenvalue weighted by molar-refractivity contribution is -0.131. The third kappa shape index (κ3) is 4.19. The van der Waals surface area contributed by atoms with Gasteiger partial charge < -0.3 is 27.4 Å². The van der Waals surface area contributed by atoms with Gasteiger partial charge in [-0.15, -0.1) is 0 Å². The smallest absolute Gasteiger partial charge is 0.248 e. The largest absolute Gasteiger partial charge is 0.387 e. The molecule has 3 amide bonds. The fraction of sp³-hybridized carbons (Fsp3) is 0.393. The first-order chi connectivity index (χ1) is 18.2. The number of amides is 3. The van der Waals surface area contributed by atoms with Gasteiger partial charge in [0.25, 0.3) is 0 Å². The molecule has 10 nitrogen and oxygen atoms in total. The van der Waals surface area contributed by atoms with Gasteiger partial charge in [0.15, 0.2) is 0 Å². The van der Waals surface area contributed by atoms with Gasteiger partial charge in [0, 0.05) is 17.2 Å². The Morgan fingerprint density at radius 3 is 2.08 bits per heavy atom. The number of fused-ring (bicyclic) bond motifs is 3. The number of piperidine rings is 1. The third-order valence-electron chi connectivity index (χ3n) is 8.32. The minimum Gasteiger partial charge on any atom is -0.387 e. The number of nitrogens with one attached hydrogen (secondary N) is 2. The number of hydrogen-bond donors (Lipinski definition) is 5. The summed E-state index contributed by atoms with van der Waals surface area (Å²) in [7, 11) is 0. The first kappa shape index (κ1) is 25.4. The van der Waals surface area contributed by atoms with Crippen molar-refractivity contribution >= 4 is 23.6 Å². The molecule has 1 aliphatic heterocycles. The first-order valence-electron chi connectivity index (χ1n) is 12.8. The molecule has 0 bridgehead atoms. The molecule has 0 radical (unpaired) electrons. The molecule has 3 atom stereocenters.